The van der Waals surface area contributed by atoms with Gasteiger partial charge < -0.3 is 9.47 Å². The van der Waals surface area contributed by atoms with Crippen molar-refractivity contribution in [1.29, 1.82) is 0 Å². The highest BCUT2D eigenvalue weighted by atomic mass is 35.6. The fourth-order valence-corrected chi connectivity index (χ4v) is 1.84. The lowest BCUT2D eigenvalue weighted by atomic mass is 10.1. The molecule has 0 saturated heterocycles. The summed E-state index contributed by atoms with van der Waals surface area (Å²) in [5.41, 5.74) is 1.69. The second-order valence-corrected chi connectivity index (χ2v) is 6.63. The fourth-order valence-electron chi connectivity index (χ4n) is 1.67. The molecule has 0 heterocycles. The van der Waals surface area contributed by atoms with E-state index >= 15 is 0 Å². The first-order valence-corrected chi connectivity index (χ1v) is 7.15. The summed E-state index contributed by atoms with van der Waals surface area (Å²) in [7, 11) is 0. The molecule has 0 atom stereocenters. The smallest absolute Gasteiger partial charge is 0.429 e. The molecule has 6 heteroatoms. The molecule has 2 rings (SSSR count). The third kappa shape index (κ3) is 5.12. The number of ether oxygens (including phenoxy) is 2. The van der Waals surface area contributed by atoms with Crippen LogP contribution in [0.5, 0.6) is 5.75 Å². The van der Waals surface area contributed by atoms with Crippen LogP contribution in [0, 0.1) is 0 Å². The third-order valence-corrected chi connectivity index (χ3v) is 2.85. The Kier molecular flexibility index (Phi) is 5.34. The van der Waals surface area contributed by atoms with Gasteiger partial charge in [-0.15, -0.1) is 0 Å². The maximum absolute atomic E-state index is 11.6. The Morgan fingerprint density at radius 2 is 1.57 bits per heavy atom. The topological polar surface area (TPSA) is 35.5 Å². The summed E-state index contributed by atoms with van der Waals surface area (Å²) in [5, 5.41) is 0. The number of carbonyl (C=O) groups is 1. The molecule has 0 radical (unpaired) electrons. The average Bonchev–Trinajstić information content (AvgIpc) is 2.46. The molecule has 0 unspecified atom stereocenters. The summed E-state index contributed by atoms with van der Waals surface area (Å²) >= 11 is 16.5. The molecule has 3 nitrogen and oxygen atoms in total. The molecule has 21 heavy (non-hydrogen) atoms. The quantitative estimate of drug-likeness (QED) is 0.433. The van der Waals surface area contributed by atoms with Crippen LogP contribution in [0.4, 0.5) is 4.79 Å². The number of carbonyl (C=O) groups excluding carboxylic acids is 1. The normalized spacial score (nSPS) is 11.0. The van der Waals surface area contributed by atoms with Crippen LogP contribution in [0.25, 0.3) is 11.1 Å². The van der Waals surface area contributed by atoms with Gasteiger partial charge in [0.05, 0.1) is 0 Å². The summed E-state index contributed by atoms with van der Waals surface area (Å²) in [6.07, 6.45) is -0.926. The Morgan fingerprint density at radius 3 is 2.24 bits per heavy atom. The van der Waals surface area contributed by atoms with Gasteiger partial charge in [0, 0.05) is 5.56 Å². The number of alkyl halides is 3. The van der Waals surface area contributed by atoms with Gasteiger partial charge in [-0.05, 0) is 11.6 Å². The van der Waals surface area contributed by atoms with Crippen LogP contribution in [-0.2, 0) is 4.74 Å². The number of benzene rings is 2. The largest absolute Gasteiger partial charge is 0.514 e. The first-order chi connectivity index (χ1) is 9.96. The lowest BCUT2D eigenvalue weighted by Gasteiger charge is -2.13. The van der Waals surface area contributed by atoms with Gasteiger partial charge in [0.1, 0.15) is 12.4 Å². The molecule has 0 aliphatic heterocycles. The molecule has 0 fully saturated rings. The maximum atomic E-state index is 11.6. The van der Waals surface area contributed by atoms with E-state index < -0.39 is 9.95 Å². The molecule has 0 bridgehead atoms. The summed E-state index contributed by atoms with van der Waals surface area (Å²) < 4.78 is 8.23. The van der Waals surface area contributed by atoms with Crippen molar-refractivity contribution in [2.45, 2.75) is 3.79 Å². The van der Waals surface area contributed by atoms with Gasteiger partial charge in [0.15, 0.2) is 0 Å². The van der Waals surface area contributed by atoms with E-state index in [1.54, 1.807) is 12.1 Å². The van der Waals surface area contributed by atoms with Gasteiger partial charge in [-0.1, -0.05) is 83.3 Å². The molecular weight excluding hydrogens is 335 g/mol. The van der Waals surface area contributed by atoms with Gasteiger partial charge in [-0.3, -0.25) is 0 Å². The predicted molar refractivity (Wildman–Crippen MR) is 84.1 cm³/mol. The zero-order chi connectivity index (χ0) is 15.3. The summed E-state index contributed by atoms with van der Waals surface area (Å²) in [4.78, 5) is 11.6. The lowest BCUT2D eigenvalue weighted by molar-refractivity contribution is 0.101. The number of para-hydroxylation sites is 1. The van der Waals surface area contributed by atoms with E-state index in [0.717, 1.165) is 11.1 Å². The van der Waals surface area contributed by atoms with Crippen molar-refractivity contribution < 1.29 is 14.3 Å². The van der Waals surface area contributed by atoms with E-state index in [2.05, 4.69) is 0 Å². The minimum atomic E-state index is -1.67. The molecule has 2 aromatic carbocycles. The monoisotopic (exact) mass is 344 g/mol. The lowest BCUT2D eigenvalue weighted by Crippen LogP contribution is -2.19. The standard InChI is InChI=1S/C15H11Cl3O3/c16-15(17,18)10-20-14(19)21-13-9-5-4-8-12(13)11-6-2-1-3-7-11/h1-9H,10H2. The Labute approximate surface area is 137 Å². The van der Waals surface area contributed by atoms with Crippen molar-refractivity contribution >= 4 is 41.0 Å². The SMILES string of the molecule is O=C(OCC(Cl)(Cl)Cl)Oc1ccccc1-c1ccccc1. The number of rotatable bonds is 3. The van der Waals surface area contributed by atoms with Gasteiger partial charge in [0.2, 0.25) is 3.79 Å². The molecule has 0 amide bonds. The number of hydrogen-bond acceptors (Lipinski definition) is 3. The second kappa shape index (κ2) is 7.03. The van der Waals surface area contributed by atoms with Crippen molar-refractivity contribution in [2.24, 2.45) is 0 Å². The van der Waals surface area contributed by atoms with Crippen LogP contribution in [-0.4, -0.2) is 16.6 Å². The van der Waals surface area contributed by atoms with E-state index in [4.69, 9.17) is 44.3 Å². The average molecular weight is 346 g/mol. The van der Waals surface area contributed by atoms with Crippen molar-refractivity contribution in [3.63, 3.8) is 0 Å². The third-order valence-electron chi connectivity index (χ3n) is 2.52. The van der Waals surface area contributed by atoms with Crippen LogP contribution in [0.2, 0.25) is 0 Å². The first kappa shape index (κ1) is 16.0. The highest BCUT2D eigenvalue weighted by molar-refractivity contribution is 6.67. The number of halogens is 3. The summed E-state index contributed by atoms with van der Waals surface area (Å²) in [6, 6.07) is 16.6. The van der Waals surface area contributed by atoms with Crippen LogP contribution in [0.1, 0.15) is 0 Å². The zero-order valence-corrected chi connectivity index (χ0v) is 13.0. The highest BCUT2D eigenvalue weighted by Crippen LogP contribution is 2.30. The molecule has 0 aromatic heterocycles. The van der Waals surface area contributed by atoms with E-state index in [1.807, 2.05) is 42.5 Å². The maximum Gasteiger partial charge on any atom is 0.514 e. The Hall–Kier alpha value is -1.42. The predicted octanol–water partition coefficient (Wildman–Crippen LogP) is 5.24. The zero-order valence-electron chi connectivity index (χ0n) is 10.8. The molecule has 0 saturated carbocycles. The molecule has 0 spiro atoms. The van der Waals surface area contributed by atoms with Crippen molar-refractivity contribution in [3.05, 3.63) is 54.6 Å². The van der Waals surface area contributed by atoms with Crippen LogP contribution < -0.4 is 4.74 Å². The molecule has 0 N–H and O–H groups in total. The minimum Gasteiger partial charge on any atom is -0.429 e. The molecule has 110 valence electrons. The van der Waals surface area contributed by atoms with E-state index in [1.165, 1.54) is 0 Å². The Morgan fingerprint density at radius 1 is 0.952 bits per heavy atom. The van der Waals surface area contributed by atoms with Gasteiger partial charge >= 0.3 is 6.16 Å². The molecular formula is C15H11Cl3O3. The van der Waals surface area contributed by atoms with Crippen molar-refractivity contribution in [1.82, 2.24) is 0 Å². The second-order valence-electron chi connectivity index (χ2n) is 4.12. The van der Waals surface area contributed by atoms with Gasteiger partial charge in [-0.25, -0.2) is 4.79 Å². The van der Waals surface area contributed by atoms with E-state index in [0.29, 0.717) is 5.75 Å². The molecule has 0 aliphatic rings. The number of hydrogen-bond donors (Lipinski definition) is 0. The summed E-state index contributed by atoms with van der Waals surface area (Å²) in [5.74, 6) is 0.373. The van der Waals surface area contributed by atoms with Gasteiger partial charge in [-0.2, -0.15) is 0 Å². The fraction of sp³-hybridized carbons (Fsp3) is 0.133. The van der Waals surface area contributed by atoms with E-state index in [9.17, 15) is 4.79 Å². The van der Waals surface area contributed by atoms with Crippen molar-refractivity contribution in [2.75, 3.05) is 6.61 Å². The minimum absolute atomic E-state index is 0.373. The van der Waals surface area contributed by atoms with Crippen LogP contribution >= 0.6 is 34.8 Å². The highest BCUT2D eigenvalue weighted by Gasteiger charge is 2.23. The van der Waals surface area contributed by atoms with E-state index in [-0.39, 0.29) is 6.61 Å². The van der Waals surface area contributed by atoms with Gasteiger partial charge in [0.25, 0.3) is 0 Å². The first-order valence-electron chi connectivity index (χ1n) is 6.01. The Balaban J connectivity index is 2.13. The molecule has 0 aliphatic carbocycles. The van der Waals surface area contributed by atoms with Crippen LogP contribution in [0.15, 0.2) is 54.6 Å². The molecule has 2 aromatic rings. The summed E-state index contributed by atoms with van der Waals surface area (Å²) in [6.45, 7) is -0.385. The van der Waals surface area contributed by atoms with Crippen molar-refractivity contribution in [3.8, 4) is 16.9 Å². The van der Waals surface area contributed by atoms with Crippen LogP contribution in [0.3, 0.4) is 0 Å². The Bertz CT molecular complexity index is 609.